The van der Waals surface area contributed by atoms with E-state index in [2.05, 4.69) is 25.5 Å². The Morgan fingerprint density at radius 1 is 1.13 bits per heavy atom. The van der Waals surface area contributed by atoms with Gasteiger partial charge in [0, 0.05) is 25.8 Å². The van der Waals surface area contributed by atoms with Gasteiger partial charge in [0.1, 0.15) is 5.82 Å². The van der Waals surface area contributed by atoms with Crippen molar-refractivity contribution in [2.24, 2.45) is 0 Å². The number of nitrogens with one attached hydrogen (secondary N) is 2. The third-order valence-corrected chi connectivity index (χ3v) is 3.41. The molecule has 23 heavy (non-hydrogen) atoms. The fourth-order valence-electron chi connectivity index (χ4n) is 2.18. The third kappa shape index (κ3) is 4.23. The smallest absolute Gasteiger partial charge is 0.231 e. The number of aromatic nitrogens is 2. The summed E-state index contributed by atoms with van der Waals surface area (Å²) in [6.07, 6.45) is 1.74. The number of likely N-dealkylation sites (N-methyl/N-ethyl adjacent to an activating group) is 1. The van der Waals surface area contributed by atoms with Crippen LogP contribution in [-0.4, -0.2) is 48.8 Å². The van der Waals surface area contributed by atoms with E-state index < -0.39 is 0 Å². The number of hydrogen-bond donors (Lipinski definition) is 2. The molecule has 122 valence electrons. The van der Waals surface area contributed by atoms with Crippen molar-refractivity contribution in [2.45, 2.75) is 6.54 Å². The number of hydrogen-bond acceptors (Lipinski definition) is 7. The Kier molecular flexibility index (Phi) is 4.77. The Balaban J connectivity index is 1.55. The zero-order valence-corrected chi connectivity index (χ0v) is 13.4. The molecule has 1 aliphatic rings. The molecule has 0 amide bonds. The fraction of sp³-hybridized carbons (Fsp3) is 0.375. The average Bonchev–Trinajstić information content (AvgIpc) is 3.00. The Labute approximate surface area is 135 Å². The van der Waals surface area contributed by atoms with Gasteiger partial charge in [0.05, 0.1) is 0 Å². The minimum Gasteiger partial charge on any atom is -0.454 e. The molecule has 7 heteroatoms. The molecule has 0 fully saturated rings. The molecule has 1 aromatic carbocycles. The van der Waals surface area contributed by atoms with Gasteiger partial charge >= 0.3 is 0 Å². The number of ether oxygens (including phenoxy) is 2. The van der Waals surface area contributed by atoms with Gasteiger partial charge in [-0.15, -0.1) is 0 Å². The van der Waals surface area contributed by atoms with Gasteiger partial charge in [0.2, 0.25) is 12.7 Å². The highest BCUT2D eigenvalue weighted by molar-refractivity contribution is 5.46. The summed E-state index contributed by atoms with van der Waals surface area (Å²) in [4.78, 5) is 10.8. The van der Waals surface area contributed by atoms with E-state index in [1.165, 1.54) is 0 Å². The van der Waals surface area contributed by atoms with Gasteiger partial charge in [-0.3, -0.25) is 0 Å². The van der Waals surface area contributed by atoms with Crippen molar-refractivity contribution in [3.8, 4) is 11.5 Å². The number of fused-ring (bicyclic) bond motifs is 1. The van der Waals surface area contributed by atoms with E-state index in [0.717, 1.165) is 36.0 Å². The molecule has 1 aliphatic heterocycles. The average molecular weight is 315 g/mol. The quantitative estimate of drug-likeness (QED) is 0.807. The van der Waals surface area contributed by atoms with Crippen LogP contribution in [0.3, 0.4) is 0 Å². The maximum atomic E-state index is 5.38. The van der Waals surface area contributed by atoms with Gasteiger partial charge in [-0.05, 0) is 37.9 Å². The van der Waals surface area contributed by atoms with Crippen LogP contribution in [0.15, 0.2) is 30.5 Å². The highest BCUT2D eigenvalue weighted by atomic mass is 16.7. The van der Waals surface area contributed by atoms with Crippen LogP contribution in [0.4, 0.5) is 11.8 Å². The van der Waals surface area contributed by atoms with Crippen LogP contribution in [0.2, 0.25) is 0 Å². The first-order valence-corrected chi connectivity index (χ1v) is 7.55. The Hall–Kier alpha value is -2.54. The molecule has 2 heterocycles. The predicted octanol–water partition coefficient (Wildman–Crippen LogP) is 1.79. The molecule has 0 saturated heterocycles. The Morgan fingerprint density at radius 3 is 2.87 bits per heavy atom. The van der Waals surface area contributed by atoms with E-state index in [0.29, 0.717) is 12.5 Å². The van der Waals surface area contributed by atoms with Gasteiger partial charge in [-0.25, -0.2) is 4.98 Å². The van der Waals surface area contributed by atoms with E-state index in [1.54, 1.807) is 6.20 Å². The van der Waals surface area contributed by atoms with Crippen LogP contribution in [0, 0.1) is 0 Å². The normalized spacial score (nSPS) is 12.5. The van der Waals surface area contributed by atoms with Crippen LogP contribution >= 0.6 is 0 Å². The van der Waals surface area contributed by atoms with Gasteiger partial charge in [0.25, 0.3) is 0 Å². The van der Waals surface area contributed by atoms with Crippen LogP contribution in [0.5, 0.6) is 11.5 Å². The first kappa shape index (κ1) is 15.4. The lowest BCUT2D eigenvalue weighted by molar-refractivity contribution is 0.174. The summed E-state index contributed by atoms with van der Waals surface area (Å²) in [6.45, 7) is 2.70. The molecule has 0 unspecified atom stereocenters. The molecule has 0 atom stereocenters. The topological polar surface area (TPSA) is 71.5 Å². The molecule has 1 aromatic heterocycles. The molecular formula is C16H21N5O2. The summed E-state index contributed by atoms with van der Waals surface area (Å²) in [7, 11) is 4.08. The molecule has 0 spiro atoms. The monoisotopic (exact) mass is 315 g/mol. The molecule has 0 saturated carbocycles. The standard InChI is InChI=1S/C16H21N5O2/c1-21(2)8-7-17-15-5-6-18-16(20-15)19-10-12-3-4-13-14(9-12)23-11-22-13/h3-6,9H,7-8,10-11H2,1-2H3,(H2,17,18,19,20). The first-order chi connectivity index (χ1) is 11.2. The molecule has 3 rings (SSSR count). The first-order valence-electron chi connectivity index (χ1n) is 7.55. The van der Waals surface area contributed by atoms with Gasteiger partial charge in [-0.2, -0.15) is 4.98 Å². The highest BCUT2D eigenvalue weighted by Gasteiger charge is 2.13. The maximum Gasteiger partial charge on any atom is 0.231 e. The molecular weight excluding hydrogens is 294 g/mol. The second-order valence-corrected chi connectivity index (χ2v) is 5.54. The number of anilines is 2. The lowest BCUT2D eigenvalue weighted by Crippen LogP contribution is -2.21. The van der Waals surface area contributed by atoms with E-state index in [4.69, 9.17) is 9.47 Å². The SMILES string of the molecule is CN(C)CCNc1ccnc(NCc2ccc3c(c2)OCO3)n1. The Bertz CT molecular complexity index is 663. The number of benzene rings is 1. The third-order valence-electron chi connectivity index (χ3n) is 3.41. The highest BCUT2D eigenvalue weighted by Crippen LogP contribution is 2.32. The Morgan fingerprint density at radius 2 is 2.00 bits per heavy atom. The number of nitrogens with zero attached hydrogens (tertiary/aromatic N) is 3. The van der Waals surface area contributed by atoms with E-state index in [1.807, 2.05) is 38.4 Å². The lowest BCUT2D eigenvalue weighted by Gasteiger charge is -2.11. The zero-order chi connectivity index (χ0) is 16.1. The largest absolute Gasteiger partial charge is 0.454 e. The van der Waals surface area contributed by atoms with Crippen LogP contribution in [0.25, 0.3) is 0 Å². The maximum absolute atomic E-state index is 5.38. The zero-order valence-electron chi connectivity index (χ0n) is 13.4. The second kappa shape index (κ2) is 7.15. The molecule has 0 radical (unpaired) electrons. The van der Waals surface area contributed by atoms with Crippen molar-refractivity contribution in [2.75, 3.05) is 44.6 Å². The molecule has 0 aliphatic carbocycles. The molecule has 2 N–H and O–H groups in total. The van der Waals surface area contributed by atoms with Crippen molar-refractivity contribution in [1.29, 1.82) is 0 Å². The predicted molar refractivity (Wildman–Crippen MR) is 89.0 cm³/mol. The van der Waals surface area contributed by atoms with Crippen molar-refractivity contribution >= 4 is 11.8 Å². The minimum atomic E-state index is 0.288. The molecule has 7 nitrogen and oxygen atoms in total. The van der Waals surface area contributed by atoms with E-state index in [9.17, 15) is 0 Å². The summed E-state index contributed by atoms with van der Waals surface area (Å²) in [5, 5.41) is 6.50. The van der Waals surface area contributed by atoms with Crippen molar-refractivity contribution in [1.82, 2.24) is 14.9 Å². The van der Waals surface area contributed by atoms with Gasteiger partial charge < -0.3 is 25.0 Å². The summed E-state index contributed by atoms with van der Waals surface area (Å²) in [5.41, 5.74) is 1.09. The van der Waals surface area contributed by atoms with E-state index in [-0.39, 0.29) is 6.79 Å². The summed E-state index contributed by atoms with van der Waals surface area (Å²) in [6, 6.07) is 7.75. The van der Waals surface area contributed by atoms with Gasteiger partial charge in [0.15, 0.2) is 11.5 Å². The van der Waals surface area contributed by atoms with E-state index >= 15 is 0 Å². The summed E-state index contributed by atoms with van der Waals surface area (Å²) >= 11 is 0. The fourth-order valence-corrected chi connectivity index (χ4v) is 2.18. The number of rotatable bonds is 7. The summed E-state index contributed by atoms with van der Waals surface area (Å²) in [5.74, 6) is 2.98. The van der Waals surface area contributed by atoms with Crippen molar-refractivity contribution < 1.29 is 9.47 Å². The summed E-state index contributed by atoms with van der Waals surface area (Å²) < 4.78 is 10.7. The second-order valence-electron chi connectivity index (χ2n) is 5.54. The minimum absolute atomic E-state index is 0.288. The van der Waals surface area contributed by atoms with Crippen LogP contribution in [-0.2, 0) is 6.54 Å². The van der Waals surface area contributed by atoms with Gasteiger partial charge in [-0.1, -0.05) is 6.07 Å². The lowest BCUT2D eigenvalue weighted by atomic mass is 10.2. The molecule has 2 aromatic rings. The molecule has 0 bridgehead atoms. The van der Waals surface area contributed by atoms with Crippen LogP contribution in [0.1, 0.15) is 5.56 Å². The van der Waals surface area contributed by atoms with Crippen molar-refractivity contribution in [3.63, 3.8) is 0 Å². The van der Waals surface area contributed by atoms with Crippen molar-refractivity contribution in [3.05, 3.63) is 36.0 Å². The van der Waals surface area contributed by atoms with Crippen LogP contribution < -0.4 is 20.1 Å².